The van der Waals surface area contributed by atoms with Gasteiger partial charge < -0.3 is 23.7 Å². The van der Waals surface area contributed by atoms with Gasteiger partial charge in [-0.25, -0.2) is 19.2 Å². The highest BCUT2D eigenvalue weighted by Crippen LogP contribution is 2.20. The van der Waals surface area contributed by atoms with Crippen LogP contribution in [-0.4, -0.2) is 37.3 Å². The van der Waals surface area contributed by atoms with Crippen molar-refractivity contribution in [2.45, 2.75) is 12.8 Å². The molecule has 3 aromatic carbocycles. The number of hydrogen-bond acceptors (Lipinski definition) is 9. The van der Waals surface area contributed by atoms with Gasteiger partial charge in [-0.2, -0.15) is 0 Å². The molecule has 0 spiro atoms. The van der Waals surface area contributed by atoms with E-state index in [9.17, 15) is 19.2 Å². The summed E-state index contributed by atoms with van der Waals surface area (Å²) in [4.78, 5) is 47.1. The first-order chi connectivity index (χ1) is 18.9. The highest BCUT2D eigenvalue weighted by atomic mass is 16.7. The minimum atomic E-state index is -0.898. The van der Waals surface area contributed by atoms with Crippen LogP contribution in [-0.2, 0) is 19.1 Å². The number of unbranched alkanes of at least 4 members (excludes halogenated alkanes) is 1. The Kier molecular flexibility index (Phi) is 11.0. The second-order valence-electron chi connectivity index (χ2n) is 7.83. The second-order valence-corrected chi connectivity index (χ2v) is 7.83. The van der Waals surface area contributed by atoms with Gasteiger partial charge in [0.2, 0.25) is 0 Å². The van der Waals surface area contributed by atoms with Crippen LogP contribution in [0.2, 0.25) is 0 Å². The van der Waals surface area contributed by atoms with Crippen molar-refractivity contribution >= 4 is 30.1 Å². The molecule has 0 aliphatic carbocycles. The summed E-state index contributed by atoms with van der Waals surface area (Å²) < 4.78 is 25.4. The number of benzene rings is 3. The molecule has 0 aliphatic heterocycles. The molecule has 0 fully saturated rings. The molecular formula is C30H26O9. The third kappa shape index (κ3) is 10.4. The Balaban J connectivity index is 1.39. The summed E-state index contributed by atoms with van der Waals surface area (Å²) in [6.45, 7) is 3.59. The highest BCUT2D eigenvalue weighted by Gasteiger charge is 2.11. The molecule has 0 aromatic heterocycles. The molecule has 9 nitrogen and oxygen atoms in total. The van der Waals surface area contributed by atoms with E-state index in [4.69, 9.17) is 23.7 Å². The summed E-state index contributed by atoms with van der Waals surface area (Å²) in [5.41, 5.74) is 1.10. The fraction of sp³-hybridized carbons (Fsp3) is 0.133. The molecule has 0 radical (unpaired) electrons. The summed E-state index contributed by atoms with van der Waals surface area (Å²) in [5.74, 6) is -0.946. The van der Waals surface area contributed by atoms with Crippen LogP contribution in [0.4, 0.5) is 4.79 Å². The van der Waals surface area contributed by atoms with Gasteiger partial charge in [0.25, 0.3) is 0 Å². The quantitative estimate of drug-likeness (QED) is 0.0977. The molecule has 0 bridgehead atoms. The molecule has 3 rings (SSSR count). The predicted octanol–water partition coefficient (Wildman–Crippen LogP) is 5.55. The Morgan fingerprint density at radius 1 is 0.641 bits per heavy atom. The summed E-state index contributed by atoms with van der Waals surface area (Å²) in [6, 6.07) is 21.1. The molecule has 3 aromatic rings. The lowest BCUT2D eigenvalue weighted by Gasteiger charge is -2.08. The fourth-order valence-electron chi connectivity index (χ4n) is 3.00. The number of ether oxygens (including phenoxy) is 5. The molecule has 0 amide bonds. The molecule has 200 valence electrons. The summed E-state index contributed by atoms with van der Waals surface area (Å²) in [6.07, 6.45) is 4.14. The molecule has 9 heteroatoms. The zero-order chi connectivity index (χ0) is 27.9. The van der Waals surface area contributed by atoms with E-state index in [0.29, 0.717) is 18.6 Å². The molecule has 39 heavy (non-hydrogen) atoms. The van der Waals surface area contributed by atoms with Crippen LogP contribution in [0.25, 0.3) is 6.08 Å². The zero-order valence-electron chi connectivity index (χ0n) is 20.9. The van der Waals surface area contributed by atoms with Gasteiger partial charge >= 0.3 is 24.1 Å². The van der Waals surface area contributed by atoms with E-state index in [1.54, 1.807) is 6.08 Å². The largest absolute Gasteiger partial charge is 0.513 e. The van der Waals surface area contributed by atoms with Crippen LogP contribution >= 0.6 is 0 Å². The van der Waals surface area contributed by atoms with E-state index < -0.39 is 24.1 Å². The molecule has 0 N–H and O–H groups in total. The maximum atomic E-state index is 12.4. The first-order valence-corrected chi connectivity index (χ1v) is 11.9. The van der Waals surface area contributed by atoms with Crippen molar-refractivity contribution in [2.24, 2.45) is 0 Å². The normalized spacial score (nSPS) is 10.4. The Morgan fingerprint density at radius 3 is 1.85 bits per heavy atom. The van der Waals surface area contributed by atoms with E-state index in [-0.39, 0.29) is 30.3 Å². The number of hydrogen-bond donors (Lipinski definition) is 0. The minimum absolute atomic E-state index is 0.0945. The molecule has 0 aliphatic rings. The molecule has 0 saturated heterocycles. The Labute approximate surface area is 225 Å². The van der Waals surface area contributed by atoms with Crippen LogP contribution in [0.3, 0.4) is 0 Å². The number of carbonyl (C=O) groups excluding carboxylic acids is 4. The van der Waals surface area contributed by atoms with Crippen LogP contribution in [0.5, 0.6) is 17.2 Å². The Bertz CT molecular complexity index is 1290. The van der Waals surface area contributed by atoms with Crippen LogP contribution < -0.4 is 14.2 Å². The lowest BCUT2D eigenvalue weighted by Crippen LogP contribution is -2.12. The van der Waals surface area contributed by atoms with Crippen LogP contribution in [0.15, 0.2) is 97.6 Å². The van der Waals surface area contributed by atoms with Crippen molar-refractivity contribution < 1.29 is 42.9 Å². The average Bonchev–Trinajstić information content (AvgIpc) is 2.95. The second kappa shape index (κ2) is 15.2. The number of rotatable bonds is 12. The van der Waals surface area contributed by atoms with E-state index in [1.807, 2.05) is 30.3 Å². The van der Waals surface area contributed by atoms with Gasteiger partial charge in [-0.05, 0) is 73.0 Å². The molecule has 0 atom stereocenters. The van der Waals surface area contributed by atoms with Crippen molar-refractivity contribution in [1.82, 2.24) is 0 Å². The SMILES string of the molecule is C=CC(=O)OCCCCOC(=O)Oc1ccc(C(=O)Oc2ccc(OC(=O)/C=C/c3ccccc3)cc2)cc1. The lowest BCUT2D eigenvalue weighted by atomic mass is 10.2. The zero-order valence-corrected chi connectivity index (χ0v) is 20.9. The van der Waals surface area contributed by atoms with Gasteiger partial charge in [0.05, 0.1) is 18.8 Å². The Hall–Kier alpha value is -5.18. The van der Waals surface area contributed by atoms with Gasteiger partial charge in [-0.3, -0.25) is 0 Å². The highest BCUT2D eigenvalue weighted by molar-refractivity contribution is 5.91. The van der Waals surface area contributed by atoms with Crippen LogP contribution in [0.1, 0.15) is 28.8 Å². The average molecular weight is 531 g/mol. The third-order valence-electron chi connectivity index (χ3n) is 4.92. The van der Waals surface area contributed by atoms with Gasteiger partial charge in [-0.1, -0.05) is 36.9 Å². The first-order valence-electron chi connectivity index (χ1n) is 11.9. The topological polar surface area (TPSA) is 114 Å². The van der Waals surface area contributed by atoms with E-state index in [0.717, 1.165) is 11.6 Å². The molecular weight excluding hydrogens is 504 g/mol. The van der Waals surface area contributed by atoms with Gasteiger partial charge in [-0.15, -0.1) is 0 Å². The monoisotopic (exact) mass is 530 g/mol. The van der Waals surface area contributed by atoms with Gasteiger partial charge in [0.1, 0.15) is 17.2 Å². The summed E-state index contributed by atoms with van der Waals surface area (Å²) in [5, 5.41) is 0. The number of esters is 3. The van der Waals surface area contributed by atoms with Crippen molar-refractivity contribution in [3.05, 3.63) is 109 Å². The lowest BCUT2D eigenvalue weighted by molar-refractivity contribution is -0.138. The van der Waals surface area contributed by atoms with Gasteiger partial charge in [0, 0.05) is 12.2 Å². The van der Waals surface area contributed by atoms with Crippen molar-refractivity contribution in [3.63, 3.8) is 0 Å². The maximum Gasteiger partial charge on any atom is 0.513 e. The predicted molar refractivity (Wildman–Crippen MR) is 141 cm³/mol. The number of carbonyl (C=O) groups is 4. The van der Waals surface area contributed by atoms with E-state index >= 15 is 0 Å². The maximum absolute atomic E-state index is 12.4. The van der Waals surface area contributed by atoms with Crippen molar-refractivity contribution in [1.29, 1.82) is 0 Å². The van der Waals surface area contributed by atoms with E-state index in [2.05, 4.69) is 6.58 Å². The summed E-state index contributed by atoms with van der Waals surface area (Å²) >= 11 is 0. The molecule has 0 heterocycles. The molecule has 0 saturated carbocycles. The standard InChI is InChI=1S/C30H26O9/c1-2-27(31)35-20-6-7-21-36-30(34)39-26-13-11-23(12-14-26)29(33)38-25-17-15-24(16-18-25)37-28(32)19-10-22-8-4-3-5-9-22/h2-5,8-19H,1,6-7,20-21H2/b19-10+. The van der Waals surface area contributed by atoms with Crippen LogP contribution in [0, 0.1) is 0 Å². The van der Waals surface area contributed by atoms with Crippen molar-refractivity contribution in [2.75, 3.05) is 13.2 Å². The third-order valence-corrected chi connectivity index (χ3v) is 4.92. The fourth-order valence-corrected chi connectivity index (χ4v) is 3.00. The minimum Gasteiger partial charge on any atom is -0.463 e. The summed E-state index contributed by atoms with van der Waals surface area (Å²) in [7, 11) is 0. The molecule has 0 unspecified atom stereocenters. The van der Waals surface area contributed by atoms with Crippen molar-refractivity contribution in [3.8, 4) is 17.2 Å². The van der Waals surface area contributed by atoms with Gasteiger partial charge in [0.15, 0.2) is 0 Å². The van der Waals surface area contributed by atoms with E-state index in [1.165, 1.54) is 54.6 Å². The Morgan fingerprint density at radius 2 is 1.21 bits per heavy atom. The first kappa shape index (κ1) is 28.4. The smallest absolute Gasteiger partial charge is 0.463 e.